The first-order valence-corrected chi connectivity index (χ1v) is 13.1. The molecule has 5 rings (SSSR count). The van der Waals surface area contributed by atoms with Crippen LogP contribution in [0.1, 0.15) is 69.3 Å². The van der Waals surface area contributed by atoms with E-state index in [2.05, 4.69) is 41.0 Å². The Labute approximate surface area is 207 Å². The second-order valence-corrected chi connectivity index (χ2v) is 10.2. The van der Waals surface area contributed by atoms with Gasteiger partial charge < -0.3 is 14.5 Å². The van der Waals surface area contributed by atoms with Crippen molar-refractivity contribution in [3.05, 3.63) is 40.2 Å². The maximum absolute atomic E-state index is 13.3. The van der Waals surface area contributed by atoms with E-state index < -0.39 is 0 Å². The second kappa shape index (κ2) is 10.0. The van der Waals surface area contributed by atoms with Crippen molar-refractivity contribution in [3.63, 3.8) is 0 Å². The van der Waals surface area contributed by atoms with Gasteiger partial charge in [-0.2, -0.15) is 0 Å². The fourth-order valence-corrected chi connectivity index (χ4v) is 5.75. The van der Waals surface area contributed by atoms with E-state index in [-0.39, 0.29) is 5.69 Å². The lowest BCUT2D eigenvalue weighted by Crippen LogP contribution is -2.41. The number of aryl methyl sites for hydroxylation is 1. The summed E-state index contributed by atoms with van der Waals surface area (Å²) < 4.78 is 7.74. The summed E-state index contributed by atoms with van der Waals surface area (Å²) in [6, 6.07) is 6.88. The number of rotatable bonds is 6. The van der Waals surface area contributed by atoms with Gasteiger partial charge in [-0.1, -0.05) is 19.3 Å². The lowest BCUT2D eigenvalue weighted by atomic mass is 9.89. The summed E-state index contributed by atoms with van der Waals surface area (Å²) in [5, 5.41) is 0. The highest BCUT2D eigenvalue weighted by Crippen LogP contribution is 2.35. The third-order valence-electron chi connectivity index (χ3n) is 7.74. The average molecular weight is 479 g/mol. The summed E-state index contributed by atoms with van der Waals surface area (Å²) in [6.45, 7) is 6.52. The molecule has 2 fully saturated rings. The van der Waals surface area contributed by atoms with Gasteiger partial charge >= 0.3 is 5.69 Å². The molecule has 0 unspecified atom stereocenters. The van der Waals surface area contributed by atoms with Crippen LogP contribution in [0.5, 0.6) is 5.75 Å². The molecular formula is C27H38N6O2. The molecule has 2 aromatic heterocycles. The molecule has 0 spiro atoms. The Kier molecular flexibility index (Phi) is 6.82. The number of aromatic amines is 1. The third-order valence-corrected chi connectivity index (χ3v) is 7.74. The van der Waals surface area contributed by atoms with Crippen molar-refractivity contribution in [1.82, 2.24) is 24.3 Å². The number of fused-ring (bicyclic) bond motifs is 1. The van der Waals surface area contributed by atoms with Crippen molar-refractivity contribution in [1.29, 1.82) is 0 Å². The quantitative estimate of drug-likeness (QED) is 0.567. The fourth-order valence-electron chi connectivity index (χ4n) is 5.75. The van der Waals surface area contributed by atoms with Gasteiger partial charge in [0.1, 0.15) is 17.4 Å². The molecule has 1 N–H and O–H groups in total. The minimum absolute atomic E-state index is 0.177. The minimum Gasteiger partial charge on any atom is -0.493 e. The van der Waals surface area contributed by atoms with Gasteiger partial charge in [0.2, 0.25) is 0 Å². The van der Waals surface area contributed by atoms with E-state index in [9.17, 15) is 4.79 Å². The van der Waals surface area contributed by atoms with Crippen molar-refractivity contribution < 1.29 is 4.74 Å². The van der Waals surface area contributed by atoms with E-state index in [1.165, 1.54) is 19.3 Å². The number of imidazole rings is 1. The van der Waals surface area contributed by atoms with E-state index in [0.717, 1.165) is 67.3 Å². The minimum atomic E-state index is -0.177. The summed E-state index contributed by atoms with van der Waals surface area (Å²) in [5.41, 5.74) is 3.22. The van der Waals surface area contributed by atoms with Gasteiger partial charge in [0.25, 0.3) is 0 Å². The normalized spacial score (nSPS) is 18.0. The van der Waals surface area contributed by atoms with Crippen LogP contribution < -0.4 is 15.3 Å². The number of aromatic nitrogens is 4. The van der Waals surface area contributed by atoms with Gasteiger partial charge in [-0.3, -0.25) is 4.98 Å². The number of anilines is 1. The highest BCUT2D eigenvalue weighted by molar-refractivity contribution is 5.70. The van der Waals surface area contributed by atoms with Gasteiger partial charge in [-0.05, 0) is 65.8 Å². The molecule has 0 radical (unpaired) electrons. The van der Waals surface area contributed by atoms with Crippen LogP contribution in [-0.4, -0.2) is 64.1 Å². The van der Waals surface area contributed by atoms with Gasteiger partial charge in [-0.15, -0.1) is 0 Å². The summed E-state index contributed by atoms with van der Waals surface area (Å²) in [4.78, 5) is 30.7. The van der Waals surface area contributed by atoms with Crippen LogP contribution in [-0.2, 0) is 0 Å². The lowest BCUT2D eigenvalue weighted by Gasteiger charge is -2.36. The fraction of sp³-hybridized carbons (Fsp3) is 0.593. The average Bonchev–Trinajstić information content (AvgIpc) is 3.21. The van der Waals surface area contributed by atoms with Crippen LogP contribution in [0.4, 0.5) is 5.69 Å². The van der Waals surface area contributed by atoms with E-state index in [0.29, 0.717) is 30.0 Å². The zero-order valence-corrected chi connectivity index (χ0v) is 21.5. The highest BCUT2D eigenvalue weighted by atomic mass is 16.5. The number of nitrogens with one attached hydrogen (secondary N) is 1. The first kappa shape index (κ1) is 23.9. The lowest BCUT2D eigenvalue weighted by molar-refractivity contribution is 0.249. The Balaban J connectivity index is 1.49. The van der Waals surface area contributed by atoms with E-state index in [4.69, 9.17) is 14.7 Å². The van der Waals surface area contributed by atoms with Gasteiger partial charge in [0.15, 0.2) is 5.65 Å². The number of nitrogens with zero attached hydrogens (tertiary/aromatic N) is 5. The third kappa shape index (κ3) is 4.68. The Morgan fingerprint density at radius 1 is 1.09 bits per heavy atom. The van der Waals surface area contributed by atoms with Crippen molar-refractivity contribution in [3.8, 4) is 17.1 Å². The van der Waals surface area contributed by atoms with E-state index in [1.807, 2.05) is 19.9 Å². The van der Waals surface area contributed by atoms with E-state index >= 15 is 0 Å². The molecule has 1 aliphatic carbocycles. The summed E-state index contributed by atoms with van der Waals surface area (Å²) in [7, 11) is 4.32. The molecular weight excluding hydrogens is 440 g/mol. The summed E-state index contributed by atoms with van der Waals surface area (Å²) in [5.74, 6) is 2.46. The molecule has 0 atom stereocenters. The zero-order chi connectivity index (χ0) is 24.5. The molecule has 3 heterocycles. The van der Waals surface area contributed by atoms with Crippen LogP contribution in [0.15, 0.2) is 23.0 Å². The number of H-pyrrole nitrogens is 1. The predicted octanol–water partition coefficient (Wildman–Crippen LogP) is 4.37. The smallest absolute Gasteiger partial charge is 0.334 e. The van der Waals surface area contributed by atoms with Crippen molar-refractivity contribution >= 4 is 11.3 Å². The first-order chi connectivity index (χ1) is 17.0. The standard InChI is InChI=1S/C27H38N6O2/c1-5-35-23-17-21(32-15-13-20(14-16-32)31(3)4)11-12-22(23)24-29-25-18(2)28-26(33(25)27(34)30-24)19-9-7-6-8-10-19/h11-12,17,19-20H,5-10,13-16H2,1-4H3,(H,29,30,34). The largest absolute Gasteiger partial charge is 0.493 e. The zero-order valence-electron chi connectivity index (χ0n) is 21.5. The Bertz CT molecular complexity index is 1230. The molecule has 1 aliphatic heterocycles. The first-order valence-electron chi connectivity index (χ1n) is 13.1. The van der Waals surface area contributed by atoms with E-state index in [1.54, 1.807) is 4.40 Å². The van der Waals surface area contributed by atoms with Crippen molar-refractivity contribution in [2.45, 2.75) is 70.8 Å². The van der Waals surface area contributed by atoms with Gasteiger partial charge in [-0.25, -0.2) is 19.2 Å². The number of hydrogen-bond donors (Lipinski definition) is 1. The molecule has 1 aromatic carbocycles. The SMILES string of the molecule is CCOc1cc(N2CCC(N(C)C)CC2)ccc1-c1nc2c(C)nc(C3CCCCC3)n2c(=O)[nH]1. The van der Waals surface area contributed by atoms with Crippen LogP contribution in [0.3, 0.4) is 0 Å². The monoisotopic (exact) mass is 478 g/mol. The molecule has 8 heteroatoms. The maximum atomic E-state index is 13.3. The molecule has 35 heavy (non-hydrogen) atoms. The molecule has 0 amide bonds. The Hall–Kier alpha value is -2.87. The number of ether oxygens (including phenoxy) is 1. The van der Waals surface area contributed by atoms with Gasteiger partial charge in [0.05, 0.1) is 17.9 Å². The van der Waals surface area contributed by atoms with Crippen LogP contribution in [0, 0.1) is 6.92 Å². The second-order valence-electron chi connectivity index (χ2n) is 10.2. The molecule has 0 bridgehead atoms. The van der Waals surface area contributed by atoms with Crippen LogP contribution in [0.25, 0.3) is 17.0 Å². The molecule has 3 aromatic rings. The molecule has 8 nitrogen and oxygen atoms in total. The summed E-state index contributed by atoms with van der Waals surface area (Å²) in [6.07, 6.45) is 8.12. The Morgan fingerprint density at radius 3 is 2.51 bits per heavy atom. The topological polar surface area (TPSA) is 78.8 Å². The van der Waals surface area contributed by atoms with Gasteiger partial charge in [0, 0.05) is 36.8 Å². The van der Waals surface area contributed by atoms with Crippen LogP contribution >= 0.6 is 0 Å². The number of hydrogen-bond acceptors (Lipinski definition) is 6. The number of benzene rings is 1. The molecule has 2 aliphatic rings. The van der Waals surface area contributed by atoms with Crippen molar-refractivity contribution in [2.75, 3.05) is 38.7 Å². The Morgan fingerprint density at radius 2 is 1.83 bits per heavy atom. The highest BCUT2D eigenvalue weighted by Gasteiger charge is 2.25. The summed E-state index contributed by atoms with van der Waals surface area (Å²) >= 11 is 0. The molecule has 1 saturated heterocycles. The predicted molar refractivity (Wildman–Crippen MR) is 140 cm³/mol. The molecule has 1 saturated carbocycles. The van der Waals surface area contributed by atoms with Crippen molar-refractivity contribution in [2.24, 2.45) is 0 Å². The maximum Gasteiger partial charge on any atom is 0.334 e. The van der Waals surface area contributed by atoms with Crippen LogP contribution in [0.2, 0.25) is 0 Å². The number of piperidine rings is 1. The molecule has 188 valence electrons.